The second kappa shape index (κ2) is 9.89. The van der Waals surface area contributed by atoms with E-state index in [0.717, 1.165) is 24.2 Å². The number of carbonyl (C=O) groups is 3. The lowest BCUT2D eigenvalue weighted by Gasteiger charge is -2.24. The average Bonchev–Trinajstić information content (AvgIpc) is 3.32. The van der Waals surface area contributed by atoms with Crippen molar-refractivity contribution in [3.63, 3.8) is 0 Å². The smallest absolute Gasteiger partial charge is 0.252 e. The van der Waals surface area contributed by atoms with Crippen LogP contribution in [0.2, 0.25) is 5.02 Å². The van der Waals surface area contributed by atoms with Gasteiger partial charge in [-0.25, -0.2) is 0 Å². The normalized spacial score (nSPS) is 18.4. The predicted octanol–water partition coefficient (Wildman–Crippen LogP) is 3.81. The van der Waals surface area contributed by atoms with Crippen LogP contribution in [0.5, 0.6) is 0 Å². The minimum atomic E-state index is -0.676. The van der Waals surface area contributed by atoms with Crippen LogP contribution in [0, 0.1) is 0 Å². The van der Waals surface area contributed by atoms with E-state index in [4.69, 9.17) is 23.8 Å². The molecule has 2 aliphatic heterocycles. The molecule has 0 spiro atoms. The van der Waals surface area contributed by atoms with Gasteiger partial charge in [0.25, 0.3) is 5.91 Å². The molecule has 2 saturated heterocycles. The first-order valence-corrected chi connectivity index (χ1v) is 11.7. The predicted molar refractivity (Wildman–Crippen MR) is 132 cm³/mol. The zero-order valence-electron chi connectivity index (χ0n) is 18.3. The Bertz CT molecular complexity index is 1070. The molecule has 2 heterocycles. The summed E-state index contributed by atoms with van der Waals surface area (Å²) in [5.74, 6) is -0.309. The van der Waals surface area contributed by atoms with E-state index in [9.17, 15) is 14.4 Å². The van der Waals surface area contributed by atoms with E-state index in [1.165, 1.54) is 4.90 Å². The number of benzene rings is 2. The molecule has 3 amide bonds. The summed E-state index contributed by atoms with van der Waals surface area (Å²) in [5.41, 5.74) is 2.43. The van der Waals surface area contributed by atoms with Gasteiger partial charge >= 0.3 is 0 Å². The maximum atomic E-state index is 13.0. The second-order valence-electron chi connectivity index (χ2n) is 8.08. The van der Waals surface area contributed by atoms with Crippen LogP contribution in [0.3, 0.4) is 0 Å². The first kappa shape index (κ1) is 23.2. The quantitative estimate of drug-likeness (QED) is 0.605. The van der Waals surface area contributed by atoms with E-state index >= 15 is 0 Å². The van der Waals surface area contributed by atoms with Gasteiger partial charge in [0.2, 0.25) is 11.8 Å². The molecule has 1 atom stereocenters. The fraction of sp³-hybridized carbons (Fsp3) is 0.333. The Morgan fingerprint density at radius 3 is 2.42 bits per heavy atom. The summed E-state index contributed by atoms with van der Waals surface area (Å²) in [4.78, 5) is 42.8. The number of rotatable bonds is 7. The molecule has 0 unspecified atom stereocenters. The molecular formula is C24H25ClN4O3S. The van der Waals surface area contributed by atoms with Gasteiger partial charge in [-0.05, 0) is 67.5 Å². The lowest BCUT2D eigenvalue weighted by Crippen LogP contribution is -2.37. The Kier molecular flexibility index (Phi) is 6.95. The molecule has 1 N–H and O–H groups in total. The summed E-state index contributed by atoms with van der Waals surface area (Å²) in [7, 11) is 0. The van der Waals surface area contributed by atoms with Crippen molar-refractivity contribution in [3.8, 4) is 0 Å². The fourth-order valence-corrected chi connectivity index (χ4v) is 4.72. The molecule has 0 bridgehead atoms. The Hall–Kier alpha value is -2.97. The molecule has 7 nitrogen and oxygen atoms in total. The van der Waals surface area contributed by atoms with Crippen molar-refractivity contribution in [3.05, 3.63) is 59.1 Å². The van der Waals surface area contributed by atoms with Crippen LogP contribution in [-0.4, -0.2) is 51.8 Å². The van der Waals surface area contributed by atoms with Crippen molar-refractivity contribution in [2.45, 2.75) is 38.8 Å². The molecule has 2 aliphatic rings. The zero-order chi connectivity index (χ0) is 23.5. The van der Waals surface area contributed by atoms with Crippen LogP contribution < -0.4 is 10.2 Å². The monoisotopic (exact) mass is 484 g/mol. The second-order valence-corrected chi connectivity index (χ2v) is 8.88. The summed E-state index contributed by atoms with van der Waals surface area (Å²) in [6.07, 6.45) is 1.44. The van der Waals surface area contributed by atoms with Gasteiger partial charge in [-0.2, -0.15) is 0 Å². The van der Waals surface area contributed by atoms with Gasteiger partial charge in [0.05, 0.1) is 6.42 Å². The van der Waals surface area contributed by atoms with Gasteiger partial charge < -0.3 is 15.1 Å². The Balaban J connectivity index is 1.47. The van der Waals surface area contributed by atoms with Crippen LogP contribution in [0.25, 0.3) is 0 Å². The molecule has 0 radical (unpaired) electrons. The number of nitrogens with zero attached hydrogens (tertiary/aromatic N) is 3. The molecule has 0 saturated carbocycles. The lowest BCUT2D eigenvalue weighted by atomic mass is 10.1. The summed E-state index contributed by atoms with van der Waals surface area (Å²) >= 11 is 11.5. The largest absolute Gasteiger partial charge is 0.332 e. The zero-order valence-corrected chi connectivity index (χ0v) is 19.9. The van der Waals surface area contributed by atoms with Crippen molar-refractivity contribution in [2.75, 3.05) is 23.3 Å². The van der Waals surface area contributed by atoms with Gasteiger partial charge in [-0.15, -0.1) is 0 Å². The summed E-state index contributed by atoms with van der Waals surface area (Å²) in [5, 5.41) is 3.82. The first-order valence-electron chi connectivity index (χ1n) is 10.9. The highest BCUT2D eigenvalue weighted by molar-refractivity contribution is 7.80. The number of anilines is 2. The van der Waals surface area contributed by atoms with Crippen LogP contribution in [0.4, 0.5) is 11.4 Å². The maximum absolute atomic E-state index is 13.0. The first-order chi connectivity index (χ1) is 15.9. The van der Waals surface area contributed by atoms with Crippen LogP contribution in [0.1, 0.15) is 31.7 Å². The summed E-state index contributed by atoms with van der Waals surface area (Å²) in [6, 6.07) is 13.8. The van der Waals surface area contributed by atoms with Gasteiger partial charge in [0, 0.05) is 42.5 Å². The molecule has 2 fully saturated rings. The number of nitrogens with one attached hydrogen (secondary N) is 1. The standard InChI is InChI=1S/C24H25ClN4O3S/c1-2-27-23(32)20(14-21(30)26-18-9-7-17(25)8-10-18)29(24(27)33)15-16-5-11-19(12-6-16)28-13-3-4-22(28)31/h5-12,20H,2-4,13-15H2,1H3,(H,26,30)/t20-/m0/s1. The Morgan fingerprint density at radius 2 is 1.82 bits per heavy atom. The molecule has 2 aromatic rings. The van der Waals surface area contributed by atoms with Gasteiger partial charge in [-0.1, -0.05) is 23.7 Å². The third kappa shape index (κ3) is 5.02. The third-order valence-corrected chi connectivity index (χ3v) is 6.61. The number of amides is 3. The van der Waals surface area contributed by atoms with E-state index in [1.807, 2.05) is 31.2 Å². The molecule has 33 heavy (non-hydrogen) atoms. The molecule has 2 aromatic carbocycles. The van der Waals surface area contributed by atoms with Crippen LogP contribution in [0.15, 0.2) is 48.5 Å². The topological polar surface area (TPSA) is 73.0 Å². The Labute approximate surface area is 203 Å². The van der Waals surface area contributed by atoms with E-state index in [2.05, 4.69) is 5.32 Å². The van der Waals surface area contributed by atoms with Crippen LogP contribution >= 0.6 is 23.8 Å². The van der Waals surface area contributed by atoms with E-state index in [-0.39, 0.29) is 24.1 Å². The van der Waals surface area contributed by atoms with Crippen molar-refractivity contribution in [1.82, 2.24) is 9.80 Å². The van der Waals surface area contributed by atoms with Crippen LogP contribution in [-0.2, 0) is 20.9 Å². The van der Waals surface area contributed by atoms with E-state index in [1.54, 1.807) is 34.1 Å². The molecular weight excluding hydrogens is 460 g/mol. The lowest BCUT2D eigenvalue weighted by molar-refractivity contribution is -0.130. The van der Waals surface area contributed by atoms with Gasteiger partial charge in [0.1, 0.15) is 6.04 Å². The minimum absolute atomic E-state index is 0.0154. The number of hydrogen-bond acceptors (Lipinski definition) is 4. The van der Waals surface area contributed by atoms with Gasteiger partial charge in [0.15, 0.2) is 5.11 Å². The van der Waals surface area contributed by atoms with E-state index in [0.29, 0.717) is 35.3 Å². The number of hydrogen-bond donors (Lipinski definition) is 1. The van der Waals surface area contributed by atoms with Crippen molar-refractivity contribution in [2.24, 2.45) is 0 Å². The minimum Gasteiger partial charge on any atom is -0.332 e. The van der Waals surface area contributed by atoms with Crippen molar-refractivity contribution < 1.29 is 14.4 Å². The number of halogens is 1. The number of thiocarbonyl (C=S) groups is 1. The number of likely N-dealkylation sites (N-methyl/N-ethyl adjacent to an activating group) is 1. The highest BCUT2D eigenvalue weighted by atomic mass is 35.5. The molecule has 0 aromatic heterocycles. The molecule has 4 rings (SSSR count). The summed E-state index contributed by atoms with van der Waals surface area (Å²) < 4.78 is 0. The summed E-state index contributed by atoms with van der Waals surface area (Å²) in [6.45, 7) is 3.44. The fourth-order valence-electron chi connectivity index (χ4n) is 4.18. The molecule has 172 valence electrons. The SMILES string of the molecule is CCN1C(=O)[C@H](CC(=O)Nc2ccc(Cl)cc2)N(Cc2ccc(N3CCCC3=O)cc2)C1=S. The average molecular weight is 485 g/mol. The van der Waals surface area contributed by atoms with Crippen molar-refractivity contribution >= 4 is 58.0 Å². The third-order valence-electron chi connectivity index (χ3n) is 5.90. The number of carbonyl (C=O) groups excluding carboxylic acids is 3. The molecule has 0 aliphatic carbocycles. The highest BCUT2D eigenvalue weighted by Crippen LogP contribution is 2.26. The maximum Gasteiger partial charge on any atom is 0.252 e. The van der Waals surface area contributed by atoms with Gasteiger partial charge in [-0.3, -0.25) is 19.3 Å². The Morgan fingerprint density at radius 1 is 1.12 bits per heavy atom. The van der Waals surface area contributed by atoms with Crippen molar-refractivity contribution in [1.29, 1.82) is 0 Å². The molecule has 9 heteroatoms. The van der Waals surface area contributed by atoms with E-state index < -0.39 is 6.04 Å². The highest BCUT2D eigenvalue weighted by Gasteiger charge is 2.42.